The molecule has 1 aromatic rings. The van der Waals surface area contributed by atoms with Crippen LogP contribution in [0.5, 0.6) is 0 Å². The molecule has 25 heavy (non-hydrogen) atoms. The monoisotopic (exact) mass is 384 g/mol. The summed E-state index contributed by atoms with van der Waals surface area (Å²) >= 11 is 1.88. The van der Waals surface area contributed by atoms with Crippen LogP contribution in [0.15, 0.2) is 0 Å². The highest BCUT2D eigenvalue weighted by Gasteiger charge is 2.39. The molecule has 5 rings (SSSR count). The summed E-state index contributed by atoms with van der Waals surface area (Å²) in [6.07, 6.45) is 7.10. The summed E-state index contributed by atoms with van der Waals surface area (Å²) in [7, 11) is -0.0707. The molecule has 2 bridgehead atoms. The van der Waals surface area contributed by atoms with Crippen molar-refractivity contribution < 1.29 is 8.42 Å². The van der Waals surface area contributed by atoms with Crippen molar-refractivity contribution in [1.82, 2.24) is 18.5 Å². The second-order valence-electron chi connectivity index (χ2n) is 7.82. The molecule has 3 fully saturated rings. The third kappa shape index (κ3) is 3.51. The van der Waals surface area contributed by atoms with E-state index in [9.17, 15) is 8.42 Å². The van der Waals surface area contributed by atoms with Crippen molar-refractivity contribution in [2.24, 2.45) is 5.92 Å². The van der Waals surface area contributed by atoms with E-state index in [2.05, 4.69) is 4.90 Å². The van der Waals surface area contributed by atoms with Crippen LogP contribution in [0.25, 0.3) is 0 Å². The van der Waals surface area contributed by atoms with E-state index < -0.39 is 10.2 Å². The lowest BCUT2D eigenvalue weighted by atomic mass is 9.95. The van der Waals surface area contributed by atoms with Gasteiger partial charge >= 0.3 is 0 Å². The van der Waals surface area contributed by atoms with E-state index in [0.717, 1.165) is 32.4 Å². The van der Waals surface area contributed by atoms with Gasteiger partial charge in [-0.1, -0.05) is 0 Å². The molecule has 0 amide bonds. The largest absolute Gasteiger partial charge is 0.292 e. The van der Waals surface area contributed by atoms with Crippen molar-refractivity contribution >= 4 is 21.5 Å². The van der Waals surface area contributed by atoms with Gasteiger partial charge in [0.05, 0.1) is 12.2 Å². The third-order valence-electron chi connectivity index (χ3n) is 5.81. The molecule has 2 atom stereocenters. The molecule has 0 aromatic carbocycles. The normalized spacial score (nSPS) is 28.3. The van der Waals surface area contributed by atoms with Crippen LogP contribution in [0.2, 0.25) is 0 Å². The molecule has 4 aliphatic rings. The summed E-state index contributed by atoms with van der Waals surface area (Å²) < 4.78 is 28.2. The molecule has 0 radical (unpaired) electrons. The Labute approximate surface area is 155 Å². The number of aryl methyl sites for hydroxylation is 2. The fraction of sp³-hybridized carbons (Fsp3) is 0.824. The maximum atomic E-state index is 12.6. The maximum absolute atomic E-state index is 12.6. The Hall–Kier alpha value is -0.540. The van der Waals surface area contributed by atoms with Crippen LogP contribution in [0.4, 0.5) is 0 Å². The summed E-state index contributed by atoms with van der Waals surface area (Å²) in [5, 5.41) is 1.22. The van der Waals surface area contributed by atoms with Gasteiger partial charge in [0.1, 0.15) is 5.01 Å². The fourth-order valence-corrected chi connectivity index (χ4v) is 6.80. The first-order valence-electron chi connectivity index (χ1n) is 9.32. The zero-order valence-corrected chi connectivity index (χ0v) is 16.8. The van der Waals surface area contributed by atoms with E-state index in [1.54, 1.807) is 18.4 Å². The zero-order chi connectivity index (χ0) is 17.6. The minimum Gasteiger partial charge on any atom is -0.292 e. The summed E-state index contributed by atoms with van der Waals surface area (Å²) in [4.78, 5) is 8.87. The number of hydrogen-bond donors (Lipinski definition) is 0. The quantitative estimate of drug-likeness (QED) is 0.793. The number of fused-ring (bicyclic) bond motifs is 5. The first kappa shape index (κ1) is 17.9. The molecule has 8 heteroatoms. The van der Waals surface area contributed by atoms with Gasteiger partial charge in [0.25, 0.3) is 10.2 Å². The van der Waals surface area contributed by atoms with Gasteiger partial charge in [-0.15, -0.1) is 11.3 Å². The van der Waals surface area contributed by atoms with Gasteiger partial charge in [-0.3, -0.25) is 4.90 Å². The van der Waals surface area contributed by atoms with Crippen LogP contribution in [0, 0.1) is 5.92 Å². The molecule has 2 unspecified atom stereocenters. The highest BCUT2D eigenvalue weighted by molar-refractivity contribution is 7.86. The smallest absolute Gasteiger partial charge is 0.281 e. The minimum atomic E-state index is -3.32. The molecule has 3 aliphatic heterocycles. The number of aromatic nitrogens is 1. The lowest BCUT2D eigenvalue weighted by Crippen LogP contribution is -2.45. The molecule has 1 aromatic heterocycles. The summed E-state index contributed by atoms with van der Waals surface area (Å²) in [6.45, 7) is 3.15. The van der Waals surface area contributed by atoms with Gasteiger partial charge in [0.15, 0.2) is 0 Å². The predicted octanol–water partition coefficient (Wildman–Crippen LogP) is 1.72. The van der Waals surface area contributed by atoms with Crippen molar-refractivity contribution in [3.8, 4) is 0 Å². The van der Waals surface area contributed by atoms with Crippen molar-refractivity contribution in [2.45, 2.75) is 51.1 Å². The van der Waals surface area contributed by atoms with Crippen LogP contribution in [0.3, 0.4) is 0 Å². The maximum Gasteiger partial charge on any atom is 0.281 e. The highest BCUT2D eigenvalue weighted by Crippen LogP contribution is 2.33. The molecule has 6 nitrogen and oxygen atoms in total. The zero-order valence-electron chi connectivity index (χ0n) is 15.1. The number of rotatable bonds is 4. The molecule has 0 spiro atoms. The van der Waals surface area contributed by atoms with E-state index in [4.69, 9.17) is 4.98 Å². The summed E-state index contributed by atoms with van der Waals surface area (Å²) in [5.41, 5.74) is 1.32. The Balaban J connectivity index is 1.50. The van der Waals surface area contributed by atoms with Crippen molar-refractivity contribution in [3.05, 3.63) is 15.6 Å². The Kier molecular flexibility index (Phi) is 4.92. The van der Waals surface area contributed by atoms with Gasteiger partial charge in [-0.25, -0.2) is 4.98 Å². The lowest BCUT2D eigenvalue weighted by molar-refractivity contribution is 0.125. The average Bonchev–Trinajstić information content (AvgIpc) is 2.74. The molecule has 3 saturated heterocycles. The van der Waals surface area contributed by atoms with Gasteiger partial charge in [-0.05, 0) is 44.4 Å². The van der Waals surface area contributed by atoms with E-state index in [-0.39, 0.29) is 0 Å². The Morgan fingerprint density at radius 2 is 1.96 bits per heavy atom. The molecule has 0 N–H and O–H groups in total. The molecule has 1 aliphatic carbocycles. The third-order valence-corrected chi connectivity index (χ3v) is 8.83. The standard InChI is InChI=1S/C17H28N4O2S2/c1-19(2)25(22,23)21-10-13-7-8-14(11-21)20(9-13)12-17-18-15-5-3-4-6-16(15)24-17/h13-14H,3-12H2,1-2H3. The Morgan fingerprint density at radius 1 is 1.16 bits per heavy atom. The van der Waals surface area contributed by atoms with Crippen molar-refractivity contribution in [2.75, 3.05) is 33.7 Å². The van der Waals surface area contributed by atoms with Crippen LogP contribution in [-0.4, -0.2) is 66.7 Å². The Bertz CT molecular complexity index is 708. The van der Waals surface area contributed by atoms with E-state index >= 15 is 0 Å². The van der Waals surface area contributed by atoms with Crippen molar-refractivity contribution in [1.29, 1.82) is 0 Å². The van der Waals surface area contributed by atoms with Crippen LogP contribution in [0.1, 0.15) is 41.3 Å². The number of thiazole rings is 1. The predicted molar refractivity (Wildman–Crippen MR) is 99.9 cm³/mol. The van der Waals surface area contributed by atoms with E-state index in [1.807, 2.05) is 11.3 Å². The number of nitrogens with zero attached hydrogens (tertiary/aromatic N) is 4. The Morgan fingerprint density at radius 3 is 2.72 bits per heavy atom. The summed E-state index contributed by atoms with van der Waals surface area (Å²) in [6, 6.07) is 0.314. The van der Waals surface area contributed by atoms with Crippen LogP contribution in [-0.2, 0) is 29.6 Å². The van der Waals surface area contributed by atoms with Gasteiger partial charge in [0.2, 0.25) is 0 Å². The molecular weight excluding hydrogens is 356 g/mol. The summed E-state index contributed by atoms with van der Waals surface area (Å²) in [5.74, 6) is 0.433. The van der Waals surface area contributed by atoms with Crippen LogP contribution < -0.4 is 0 Å². The fourth-order valence-electron chi connectivity index (χ4n) is 4.40. The minimum absolute atomic E-state index is 0.314. The molecule has 140 valence electrons. The lowest BCUT2D eigenvalue weighted by Gasteiger charge is -2.35. The molecular formula is C17H28N4O2S2. The van der Waals surface area contributed by atoms with Gasteiger partial charge in [-0.2, -0.15) is 17.0 Å². The van der Waals surface area contributed by atoms with E-state index in [1.165, 1.54) is 39.1 Å². The average molecular weight is 385 g/mol. The first-order valence-corrected chi connectivity index (χ1v) is 11.5. The topological polar surface area (TPSA) is 56.8 Å². The second kappa shape index (κ2) is 6.88. The second-order valence-corrected chi connectivity index (χ2v) is 11.1. The van der Waals surface area contributed by atoms with Gasteiger partial charge < -0.3 is 0 Å². The van der Waals surface area contributed by atoms with E-state index in [0.29, 0.717) is 25.0 Å². The number of piperidine rings is 1. The van der Waals surface area contributed by atoms with Crippen molar-refractivity contribution in [3.63, 3.8) is 0 Å². The number of hydrogen-bond acceptors (Lipinski definition) is 5. The molecule has 4 heterocycles. The SMILES string of the molecule is CN(C)S(=O)(=O)N1CC2CCC(C1)N(Cc1nc3c(s1)CCCC3)C2. The van der Waals surface area contributed by atoms with Gasteiger partial charge in [0, 0.05) is 44.6 Å². The highest BCUT2D eigenvalue weighted by atomic mass is 32.2. The molecule has 0 saturated carbocycles. The van der Waals surface area contributed by atoms with Crippen LogP contribution >= 0.6 is 11.3 Å². The first-order chi connectivity index (χ1) is 11.9.